The van der Waals surface area contributed by atoms with E-state index in [0.29, 0.717) is 12.4 Å². The third-order valence-corrected chi connectivity index (χ3v) is 1.49. The SMILES string of the molecule is CN(CCO)c1cc(=O)[nH]cn1. The van der Waals surface area contributed by atoms with E-state index >= 15 is 0 Å². The Kier molecular flexibility index (Phi) is 2.82. The minimum absolute atomic E-state index is 0.0466. The summed E-state index contributed by atoms with van der Waals surface area (Å²) in [6, 6.07) is 1.38. The number of hydrogen-bond acceptors (Lipinski definition) is 4. The van der Waals surface area contributed by atoms with Crippen LogP contribution in [-0.4, -0.2) is 35.3 Å². The number of aromatic amines is 1. The molecular formula is C7H11N3O2. The van der Waals surface area contributed by atoms with Crippen LogP contribution in [0, 0.1) is 0 Å². The van der Waals surface area contributed by atoms with E-state index in [9.17, 15) is 4.79 Å². The third-order valence-electron chi connectivity index (χ3n) is 1.49. The number of likely N-dealkylation sites (N-methyl/N-ethyl adjacent to an activating group) is 1. The van der Waals surface area contributed by atoms with Gasteiger partial charge in [-0.15, -0.1) is 0 Å². The molecule has 5 heteroatoms. The van der Waals surface area contributed by atoms with Crippen LogP contribution in [0.15, 0.2) is 17.2 Å². The zero-order valence-electron chi connectivity index (χ0n) is 6.82. The molecule has 0 unspecified atom stereocenters. The van der Waals surface area contributed by atoms with Gasteiger partial charge < -0.3 is 15.0 Å². The zero-order valence-corrected chi connectivity index (χ0v) is 6.82. The fourth-order valence-electron chi connectivity index (χ4n) is 0.832. The molecule has 0 aromatic carbocycles. The first-order chi connectivity index (χ1) is 5.74. The van der Waals surface area contributed by atoms with Gasteiger partial charge in [-0.05, 0) is 0 Å². The van der Waals surface area contributed by atoms with Gasteiger partial charge in [-0.25, -0.2) is 4.98 Å². The van der Waals surface area contributed by atoms with E-state index in [1.165, 1.54) is 12.4 Å². The average Bonchev–Trinajstić information content (AvgIpc) is 2.05. The largest absolute Gasteiger partial charge is 0.395 e. The van der Waals surface area contributed by atoms with E-state index in [0.717, 1.165) is 0 Å². The molecule has 0 aliphatic heterocycles. The quantitative estimate of drug-likeness (QED) is 0.621. The van der Waals surface area contributed by atoms with Gasteiger partial charge in [0, 0.05) is 19.7 Å². The van der Waals surface area contributed by atoms with E-state index in [1.807, 2.05) is 0 Å². The summed E-state index contributed by atoms with van der Waals surface area (Å²) in [5.74, 6) is 0.563. The lowest BCUT2D eigenvalue weighted by molar-refractivity contribution is 0.304. The van der Waals surface area contributed by atoms with Crippen molar-refractivity contribution in [3.05, 3.63) is 22.7 Å². The number of aromatic nitrogens is 2. The molecule has 1 rings (SSSR count). The molecule has 1 heterocycles. The number of nitrogens with zero attached hydrogens (tertiary/aromatic N) is 2. The molecule has 0 amide bonds. The molecule has 0 aliphatic rings. The lowest BCUT2D eigenvalue weighted by atomic mass is 10.5. The van der Waals surface area contributed by atoms with Crippen molar-refractivity contribution in [2.24, 2.45) is 0 Å². The van der Waals surface area contributed by atoms with Crippen LogP contribution in [0.3, 0.4) is 0 Å². The Hall–Kier alpha value is -1.36. The Morgan fingerprint density at radius 2 is 2.50 bits per heavy atom. The minimum Gasteiger partial charge on any atom is -0.395 e. The van der Waals surface area contributed by atoms with E-state index in [-0.39, 0.29) is 12.2 Å². The van der Waals surface area contributed by atoms with Gasteiger partial charge in [-0.2, -0.15) is 0 Å². The summed E-state index contributed by atoms with van der Waals surface area (Å²) in [5, 5.41) is 8.61. The zero-order chi connectivity index (χ0) is 8.97. The second kappa shape index (κ2) is 3.87. The normalized spacial score (nSPS) is 9.83. The van der Waals surface area contributed by atoms with Crippen molar-refractivity contribution >= 4 is 5.82 Å². The molecule has 0 bridgehead atoms. The maximum absolute atomic E-state index is 10.8. The Morgan fingerprint density at radius 3 is 3.08 bits per heavy atom. The number of hydrogen-bond donors (Lipinski definition) is 2. The van der Waals surface area contributed by atoms with Gasteiger partial charge in [0.05, 0.1) is 12.9 Å². The highest BCUT2D eigenvalue weighted by atomic mass is 16.3. The van der Waals surface area contributed by atoms with Crippen molar-refractivity contribution in [2.75, 3.05) is 25.1 Å². The topological polar surface area (TPSA) is 69.2 Å². The van der Waals surface area contributed by atoms with Crippen LogP contribution in [0.1, 0.15) is 0 Å². The number of anilines is 1. The average molecular weight is 169 g/mol. The molecule has 0 spiro atoms. The molecule has 1 aromatic rings. The molecule has 0 saturated heterocycles. The number of aliphatic hydroxyl groups excluding tert-OH is 1. The maximum Gasteiger partial charge on any atom is 0.252 e. The van der Waals surface area contributed by atoms with Crippen molar-refractivity contribution < 1.29 is 5.11 Å². The predicted molar refractivity (Wildman–Crippen MR) is 45.2 cm³/mol. The Bertz CT molecular complexity index is 297. The summed E-state index contributed by atoms with van der Waals surface area (Å²) in [4.78, 5) is 18.8. The van der Waals surface area contributed by atoms with Crippen LogP contribution in [0.2, 0.25) is 0 Å². The van der Waals surface area contributed by atoms with Crippen LogP contribution < -0.4 is 10.5 Å². The molecule has 0 fully saturated rings. The fraction of sp³-hybridized carbons (Fsp3) is 0.429. The standard InChI is InChI=1S/C7H11N3O2/c1-10(2-3-11)6-4-7(12)9-5-8-6/h4-5,11H,2-3H2,1H3,(H,8,9,12). The molecule has 5 nitrogen and oxygen atoms in total. The van der Waals surface area contributed by atoms with Gasteiger partial charge in [0.2, 0.25) is 0 Å². The summed E-state index contributed by atoms with van der Waals surface area (Å²) < 4.78 is 0. The molecular weight excluding hydrogens is 158 g/mol. The van der Waals surface area contributed by atoms with Crippen molar-refractivity contribution in [3.8, 4) is 0 Å². The Morgan fingerprint density at radius 1 is 1.75 bits per heavy atom. The van der Waals surface area contributed by atoms with Crippen LogP contribution in [-0.2, 0) is 0 Å². The van der Waals surface area contributed by atoms with Crippen LogP contribution in [0.25, 0.3) is 0 Å². The van der Waals surface area contributed by atoms with Gasteiger partial charge >= 0.3 is 0 Å². The van der Waals surface area contributed by atoms with Gasteiger partial charge in [-0.3, -0.25) is 4.79 Å². The highest BCUT2D eigenvalue weighted by molar-refractivity contribution is 5.34. The summed E-state index contributed by atoms with van der Waals surface area (Å²) in [6.07, 6.45) is 1.34. The number of aliphatic hydroxyl groups is 1. The van der Waals surface area contributed by atoms with Crippen molar-refractivity contribution in [1.29, 1.82) is 0 Å². The van der Waals surface area contributed by atoms with Crippen molar-refractivity contribution in [3.63, 3.8) is 0 Å². The van der Waals surface area contributed by atoms with Gasteiger partial charge in [0.25, 0.3) is 5.56 Å². The van der Waals surface area contributed by atoms with Crippen LogP contribution >= 0.6 is 0 Å². The fourth-order valence-corrected chi connectivity index (χ4v) is 0.832. The smallest absolute Gasteiger partial charge is 0.252 e. The molecule has 0 saturated carbocycles. The summed E-state index contributed by atoms with van der Waals surface area (Å²) in [5.41, 5.74) is -0.190. The first-order valence-corrected chi connectivity index (χ1v) is 3.61. The van der Waals surface area contributed by atoms with Gasteiger partial charge in [0.1, 0.15) is 5.82 Å². The monoisotopic (exact) mass is 169 g/mol. The first-order valence-electron chi connectivity index (χ1n) is 3.61. The van der Waals surface area contributed by atoms with E-state index < -0.39 is 0 Å². The highest BCUT2D eigenvalue weighted by Gasteiger charge is 2.00. The molecule has 0 atom stereocenters. The number of rotatable bonds is 3. The van der Waals surface area contributed by atoms with Gasteiger partial charge in [0.15, 0.2) is 0 Å². The molecule has 12 heavy (non-hydrogen) atoms. The summed E-state index contributed by atoms with van der Waals surface area (Å²) in [6.45, 7) is 0.515. The van der Waals surface area contributed by atoms with E-state index in [4.69, 9.17) is 5.11 Å². The summed E-state index contributed by atoms with van der Waals surface area (Å²) >= 11 is 0. The van der Waals surface area contributed by atoms with E-state index in [2.05, 4.69) is 9.97 Å². The molecule has 66 valence electrons. The Labute approximate surface area is 69.7 Å². The van der Waals surface area contributed by atoms with Crippen molar-refractivity contribution in [2.45, 2.75) is 0 Å². The second-order valence-electron chi connectivity index (χ2n) is 2.41. The molecule has 0 radical (unpaired) electrons. The Balaban J connectivity index is 2.80. The van der Waals surface area contributed by atoms with Crippen molar-refractivity contribution in [1.82, 2.24) is 9.97 Å². The summed E-state index contributed by atoms with van der Waals surface area (Å²) in [7, 11) is 1.76. The second-order valence-corrected chi connectivity index (χ2v) is 2.41. The first kappa shape index (κ1) is 8.73. The van der Waals surface area contributed by atoms with Crippen LogP contribution in [0.5, 0.6) is 0 Å². The number of H-pyrrole nitrogens is 1. The maximum atomic E-state index is 10.8. The van der Waals surface area contributed by atoms with E-state index in [1.54, 1.807) is 11.9 Å². The third kappa shape index (κ3) is 2.06. The molecule has 0 aliphatic carbocycles. The van der Waals surface area contributed by atoms with Gasteiger partial charge in [-0.1, -0.05) is 0 Å². The highest BCUT2D eigenvalue weighted by Crippen LogP contribution is 2.00. The number of nitrogens with one attached hydrogen (secondary N) is 1. The minimum atomic E-state index is -0.190. The lowest BCUT2D eigenvalue weighted by Gasteiger charge is -2.15. The van der Waals surface area contributed by atoms with Crippen LogP contribution in [0.4, 0.5) is 5.82 Å². The molecule has 1 aromatic heterocycles. The lowest BCUT2D eigenvalue weighted by Crippen LogP contribution is -2.23. The molecule has 2 N–H and O–H groups in total. The predicted octanol–water partition coefficient (Wildman–Crippen LogP) is -0.802.